The van der Waals surface area contributed by atoms with Gasteiger partial charge in [-0.2, -0.15) is 0 Å². The maximum absolute atomic E-state index is 11.7. The zero-order valence-corrected chi connectivity index (χ0v) is 12.5. The number of rotatable bonds is 6. The van der Waals surface area contributed by atoms with E-state index in [0.29, 0.717) is 11.6 Å². The van der Waals surface area contributed by atoms with Gasteiger partial charge in [-0.1, -0.05) is 0 Å². The highest BCUT2D eigenvalue weighted by molar-refractivity contribution is 5.95. The molecule has 0 fully saturated rings. The minimum Gasteiger partial charge on any atom is -0.364 e. The molecule has 10 nitrogen and oxygen atoms in total. The Morgan fingerprint density at radius 2 is 1.25 bits per heavy atom. The third-order valence-corrected chi connectivity index (χ3v) is 3.29. The minimum atomic E-state index is -0.749. The smallest absolute Gasteiger partial charge is 0.269 e. The molecule has 0 aromatic carbocycles. The van der Waals surface area contributed by atoms with Crippen LogP contribution in [-0.2, 0) is 12.8 Å². The molecule has 10 heteroatoms. The summed E-state index contributed by atoms with van der Waals surface area (Å²) in [5.41, 5.74) is 11.2. The second kappa shape index (κ2) is 6.28. The number of amides is 2. The molecule has 0 aliphatic heterocycles. The maximum Gasteiger partial charge on any atom is 0.269 e. The van der Waals surface area contributed by atoms with Crippen LogP contribution in [-0.4, -0.2) is 41.7 Å². The number of aromatic amines is 2. The number of imidazole rings is 2. The molecule has 0 unspecified atom stereocenters. The van der Waals surface area contributed by atoms with Gasteiger partial charge in [-0.25, -0.2) is 19.9 Å². The van der Waals surface area contributed by atoms with Gasteiger partial charge in [0, 0.05) is 24.8 Å². The molecule has 0 bridgehead atoms. The van der Waals surface area contributed by atoms with E-state index >= 15 is 0 Å². The van der Waals surface area contributed by atoms with Crippen LogP contribution in [0.5, 0.6) is 0 Å². The largest absolute Gasteiger partial charge is 0.364 e. The molecule has 0 aliphatic rings. The lowest BCUT2D eigenvalue weighted by molar-refractivity contribution is 0.0978. The average Bonchev–Trinajstić information content (AvgIpc) is 3.21. The lowest BCUT2D eigenvalue weighted by Gasteiger charge is -2.10. The Morgan fingerprint density at radius 3 is 1.54 bits per heavy atom. The van der Waals surface area contributed by atoms with Crippen molar-refractivity contribution in [2.75, 3.05) is 0 Å². The summed E-state index contributed by atoms with van der Waals surface area (Å²) in [5, 5.41) is 0. The lowest BCUT2D eigenvalue weighted by Crippen LogP contribution is -2.24. The van der Waals surface area contributed by atoms with Crippen molar-refractivity contribution in [1.29, 1.82) is 0 Å². The molecule has 0 radical (unpaired) electrons. The summed E-state index contributed by atoms with van der Waals surface area (Å²) in [4.78, 5) is 45.8. The number of nitrogens with two attached hydrogens (primary N) is 2. The standard InChI is InChI=1S/C14H14N8O2/c15-13(23)11-7(5-9-17-1-2-18-9)21-12(14(16)24)8(22-11)6-10-19-3-4-20-10/h1-4H,5-6H2,(H2,15,23)(H2,16,24)(H,17,18)(H,19,20). The van der Waals surface area contributed by atoms with Gasteiger partial charge in [0.15, 0.2) is 0 Å². The first-order valence-electron chi connectivity index (χ1n) is 7.00. The third-order valence-electron chi connectivity index (χ3n) is 3.29. The van der Waals surface area contributed by atoms with E-state index in [1.165, 1.54) is 0 Å². The second-order valence-electron chi connectivity index (χ2n) is 4.97. The Hall–Kier alpha value is -3.56. The first-order valence-corrected chi connectivity index (χ1v) is 7.00. The Kier molecular flexibility index (Phi) is 4.01. The van der Waals surface area contributed by atoms with E-state index in [1.54, 1.807) is 24.8 Å². The highest BCUT2D eigenvalue weighted by Gasteiger charge is 2.21. The summed E-state index contributed by atoms with van der Waals surface area (Å²) >= 11 is 0. The molecule has 6 N–H and O–H groups in total. The summed E-state index contributed by atoms with van der Waals surface area (Å²) in [7, 11) is 0. The molecule has 0 atom stereocenters. The van der Waals surface area contributed by atoms with Crippen LogP contribution in [0.2, 0.25) is 0 Å². The van der Waals surface area contributed by atoms with Crippen molar-refractivity contribution in [3.8, 4) is 0 Å². The number of nitrogens with one attached hydrogen (secondary N) is 2. The molecule has 24 heavy (non-hydrogen) atoms. The van der Waals surface area contributed by atoms with Crippen molar-refractivity contribution in [3.05, 3.63) is 59.2 Å². The maximum atomic E-state index is 11.7. The molecule has 0 saturated carbocycles. The molecule has 3 aromatic rings. The zero-order valence-electron chi connectivity index (χ0n) is 12.5. The van der Waals surface area contributed by atoms with Crippen molar-refractivity contribution in [2.45, 2.75) is 12.8 Å². The monoisotopic (exact) mass is 326 g/mol. The number of H-pyrrole nitrogens is 2. The fraction of sp³-hybridized carbons (Fsp3) is 0.143. The molecule has 3 aromatic heterocycles. The summed E-state index contributed by atoms with van der Waals surface area (Å²) < 4.78 is 0. The van der Waals surface area contributed by atoms with Crippen LogP contribution in [0.25, 0.3) is 0 Å². The SMILES string of the molecule is NC(=O)c1nc(Cc2ncc[nH]2)c(C(N)=O)nc1Cc1ncc[nH]1. The quantitative estimate of drug-likeness (QED) is 0.467. The molecule has 122 valence electrons. The van der Waals surface area contributed by atoms with E-state index in [4.69, 9.17) is 11.5 Å². The van der Waals surface area contributed by atoms with E-state index in [1.807, 2.05) is 0 Å². The van der Waals surface area contributed by atoms with Gasteiger partial charge >= 0.3 is 0 Å². The van der Waals surface area contributed by atoms with Crippen LogP contribution >= 0.6 is 0 Å². The van der Waals surface area contributed by atoms with Gasteiger partial charge in [0.25, 0.3) is 11.8 Å². The predicted molar refractivity (Wildman–Crippen MR) is 81.9 cm³/mol. The van der Waals surface area contributed by atoms with E-state index in [9.17, 15) is 9.59 Å². The Balaban J connectivity index is 2.07. The van der Waals surface area contributed by atoms with Gasteiger partial charge in [-0.15, -0.1) is 0 Å². The molecule has 3 heterocycles. The number of carbonyl (C=O) groups excluding carboxylic acids is 2. The molecule has 0 aliphatic carbocycles. The molecule has 0 saturated heterocycles. The molecule has 3 rings (SSSR count). The first kappa shape index (κ1) is 15.3. The Morgan fingerprint density at radius 1 is 0.833 bits per heavy atom. The summed E-state index contributed by atoms with van der Waals surface area (Å²) in [6.45, 7) is 0. The average molecular weight is 326 g/mol. The van der Waals surface area contributed by atoms with Gasteiger partial charge in [0.1, 0.15) is 23.0 Å². The topological polar surface area (TPSA) is 169 Å². The number of hydrogen-bond donors (Lipinski definition) is 4. The highest BCUT2D eigenvalue weighted by atomic mass is 16.1. The van der Waals surface area contributed by atoms with Crippen molar-refractivity contribution >= 4 is 11.8 Å². The van der Waals surface area contributed by atoms with Crippen molar-refractivity contribution in [3.63, 3.8) is 0 Å². The van der Waals surface area contributed by atoms with Crippen LogP contribution in [0.15, 0.2) is 24.8 Å². The Bertz CT molecular complexity index is 797. The van der Waals surface area contributed by atoms with Crippen LogP contribution in [0, 0.1) is 0 Å². The van der Waals surface area contributed by atoms with Gasteiger partial charge in [-0.3, -0.25) is 9.59 Å². The second-order valence-corrected chi connectivity index (χ2v) is 4.97. The molecular weight excluding hydrogens is 312 g/mol. The fourth-order valence-corrected chi connectivity index (χ4v) is 2.25. The van der Waals surface area contributed by atoms with Gasteiger partial charge in [0.05, 0.1) is 24.2 Å². The number of hydrogen-bond acceptors (Lipinski definition) is 6. The summed E-state index contributed by atoms with van der Waals surface area (Å²) in [5.74, 6) is -0.386. The van der Waals surface area contributed by atoms with E-state index in [-0.39, 0.29) is 35.6 Å². The van der Waals surface area contributed by atoms with E-state index in [0.717, 1.165) is 0 Å². The fourth-order valence-electron chi connectivity index (χ4n) is 2.25. The predicted octanol–water partition coefficient (Wildman–Crippen LogP) is -0.698. The lowest BCUT2D eigenvalue weighted by atomic mass is 10.1. The number of nitrogens with zero attached hydrogens (tertiary/aromatic N) is 4. The molecule has 2 amide bonds. The van der Waals surface area contributed by atoms with Crippen LogP contribution in [0.4, 0.5) is 0 Å². The van der Waals surface area contributed by atoms with Gasteiger partial charge < -0.3 is 21.4 Å². The highest BCUT2D eigenvalue weighted by Crippen LogP contribution is 2.14. The number of aromatic nitrogens is 6. The van der Waals surface area contributed by atoms with E-state index < -0.39 is 11.8 Å². The van der Waals surface area contributed by atoms with Crippen LogP contribution in [0.3, 0.4) is 0 Å². The number of carbonyl (C=O) groups is 2. The third kappa shape index (κ3) is 3.11. The van der Waals surface area contributed by atoms with Gasteiger partial charge in [0.2, 0.25) is 0 Å². The normalized spacial score (nSPS) is 10.7. The van der Waals surface area contributed by atoms with Crippen LogP contribution < -0.4 is 11.5 Å². The Labute approximate surface area is 135 Å². The zero-order chi connectivity index (χ0) is 17.1. The van der Waals surface area contributed by atoms with E-state index in [2.05, 4.69) is 29.9 Å². The number of primary amides is 2. The minimum absolute atomic E-state index is 0.0297. The van der Waals surface area contributed by atoms with Gasteiger partial charge in [-0.05, 0) is 0 Å². The molecular formula is C14H14N8O2. The van der Waals surface area contributed by atoms with Crippen molar-refractivity contribution in [1.82, 2.24) is 29.9 Å². The summed E-state index contributed by atoms with van der Waals surface area (Å²) in [6.07, 6.45) is 6.72. The van der Waals surface area contributed by atoms with Crippen molar-refractivity contribution in [2.24, 2.45) is 11.5 Å². The molecule has 0 spiro atoms. The van der Waals surface area contributed by atoms with Crippen LogP contribution in [0.1, 0.15) is 44.0 Å². The summed E-state index contributed by atoms with van der Waals surface area (Å²) in [6, 6.07) is 0. The van der Waals surface area contributed by atoms with Crippen molar-refractivity contribution < 1.29 is 9.59 Å². The first-order chi connectivity index (χ1) is 11.5.